The van der Waals surface area contributed by atoms with E-state index in [4.69, 9.17) is 27.9 Å². The van der Waals surface area contributed by atoms with Crippen LogP contribution in [0.1, 0.15) is 28.0 Å². The summed E-state index contributed by atoms with van der Waals surface area (Å²) in [6, 6.07) is 4.02. The van der Waals surface area contributed by atoms with Crippen molar-refractivity contribution in [3.8, 4) is 5.88 Å². The third-order valence-corrected chi connectivity index (χ3v) is 4.39. The molecule has 0 aliphatic rings. The van der Waals surface area contributed by atoms with Crippen LogP contribution in [0.3, 0.4) is 0 Å². The summed E-state index contributed by atoms with van der Waals surface area (Å²) in [6.45, 7) is 0. The maximum atomic E-state index is 13.0. The van der Waals surface area contributed by atoms with E-state index in [1.165, 1.54) is 19.2 Å². The van der Waals surface area contributed by atoms with Crippen molar-refractivity contribution in [2.24, 2.45) is 0 Å². The quantitative estimate of drug-likeness (QED) is 0.371. The predicted octanol–water partition coefficient (Wildman–Crippen LogP) is 3.65. The van der Waals surface area contributed by atoms with E-state index in [0.717, 1.165) is 23.0 Å². The number of fused-ring (bicyclic) bond motifs is 1. The third-order valence-electron chi connectivity index (χ3n) is 3.73. The molecule has 0 spiro atoms. The molecular formula is C16H11Cl2F2N3O3. The van der Waals surface area contributed by atoms with Crippen LogP contribution in [0.4, 0.5) is 8.78 Å². The van der Waals surface area contributed by atoms with Crippen molar-refractivity contribution in [2.75, 3.05) is 7.11 Å². The van der Waals surface area contributed by atoms with Gasteiger partial charge in [-0.05, 0) is 12.1 Å². The van der Waals surface area contributed by atoms with E-state index < -0.39 is 17.9 Å². The minimum atomic E-state index is -2.80. The molecule has 3 heterocycles. The number of rotatable bonds is 5. The van der Waals surface area contributed by atoms with Crippen LogP contribution in [0, 0.1) is 5.21 Å². The summed E-state index contributed by atoms with van der Waals surface area (Å²) in [5.41, 5.74) is 0.114. The Hall–Kier alpha value is -2.45. The molecule has 10 heteroatoms. The zero-order chi connectivity index (χ0) is 19.0. The SMILES string of the molecule is COc1ccc(C(=O)Cc2c(Cl)c[n+]([O-])cc2Cl)c2cc(C(F)F)nn12. The average molecular weight is 402 g/mol. The Balaban J connectivity index is 2.06. The first kappa shape index (κ1) is 18.3. The predicted molar refractivity (Wildman–Crippen MR) is 90.2 cm³/mol. The van der Waals surface area contributed by atoms with Gasteiger partial charge in [-0.1, -0.05) is 23.2 Å². The molecule has 0 bridgehead atoms. The number of pyridine rings is 2. The van der Waals surface area contributed by atoms with Gasteiger partial charge in [-0.25, -0.2) is 8.78 Å². The van der Waals surface area contributed by atoms with E-state index >= 15 is 0 Å². The Labute approximate surface area is 156 Å². The second kappa shape index (κ2) is 7.05. The van der Waals surface area contributed by atoms with Crippen LogP contribution in [0.15, 0.2) is 30.6 Å². The number of aromatic nitrogens is 3. The fourth-order valence-corrected chi connectivity index (χ4v) is 3.10. The van der Waals surface area contributed by atoms with E-state index in [1.54, 1.807) is 0 Å². The normalized spacial score (nSPS) is 11.3. The summed E-state index contributed by atoms with van der Waals surface area (Å²) in [5.74, 6) is -0.225. The van der Waals surface area contributed by atoms with Crippen LogP contribution >= 0.6 is 23.2 Å². The van der Waals surface area contributed by atoms with Gasteiger partial charge in [0, 0.05) is 23.6 Å². The van der Waals surface area contributed by atoms with Crippen molar-refractivity contribution in [2.45, 2.75) is 12.8 Å². The second-order valence-corrected chi connectivity index (χ2v) is 6.16. The molecular weight excluding hydrogens is 391 g/mol. The minimum absolute atomic E-state index is 0.0344. The zero-order valence-corrected chi connectivity index (χ0v) is 14.8. The number of ketones is 1. The van der Waals surface area contributed by atoms with E-state index in [1.807, 2.05) is 0 Å². The standard InChI is InChI=1S/C16H11Cl2F2N3O3/c1-26-15-3-2-8(13-5-12(16(19)20)21-23(13)15)14(24)4-9-10(17)6-22(25)7-11(9)18/h2-3,5-7,16H,4H2,1H3. The van der Waals surface area contributed by atoms with Crippen LogP contribution in [0.25, 0.3) is 5.52 Å². The van der Waals surface area contributed by atoms with E-state index in [2.05, 4.69) is 5.10 Å². The van der Waals surface area contributed by atoms with Gasteiger partial charge >= 0.3 is 0 Å². The highest BCUT2D eigenvalue weighted by atomic mass is 35.5. The van der Waals surface area contributed by atoms with Gasteiger partial charge in [-0.3, -0.25) is 4.79 Å². The van der Waals surface area contributed by atoms with Crippen LogP contribution in [-0.4, -0.2) is 22.5 Å². The van der Waals surface area contributed by atoms with Gasteiger partial charge in [-0.2, -0.15) is 14.3 Å². The number of hydrogen-bond acceptors (Lipinski definition) is 4. The van der Waals surface area contributed by atoms with E-state index in [0.29, 0.717) is 4.73 Å². The molecule has 0 fully saturated rings. The van der Waals surface area contributed by atoms with Crippen molar-refractivity contribution in [1.29, 1.82) is 0 Å². The van der Waals surface area contributed by atoms with Crippen molar-refractivity contribution in [1.82, 2.24) is 9.61 Å². The van der Waals surface area contributed by atoms with Crippen LogP contribution in [0.5, 0.6) is 5.88 Å². The summed E-state index contributed by atoms with van der Waals surface area (Å²) < 4.78 is 32.6. The van der Waals surface area contributed by atoms with Gasteiger partial charge in [-0.15, -0.1) is 0 Å². The molecule has 0 atom stereocenters. The number of alkyl halides is 2. The molecule has 0 saturated heterocycles. The lowest BCUT2D eigenvalue weighted by Crippen LogP contribution is -2.25. The van der Waals surface area contributed by atoms with Gasteiger partial charge in [0.25, 0.3) is 6.43 Å². The fourth-order valence-electron chi connectivity index (χ4n) is 2.52. The zero-order valence-electron chi connectivity index (χ0n) is 13.2. The van der Waals surface area contributed by atoms with E-state index in [-0.39, 0.29) is 39.0 Å². The number of Topliss-reactive ketones (excluding diaryl/α,β-unsaturated/α-hetero) is 1. The smallest absolute Gasteiger partial charge is 0.282 e. The van der Waals surface area contributed by atoms with Crippen LogP contribution < -0.4 is 9.47 Å². The van der Waals surface area contributed by atoms with E-state index in [9.17, 15) is 18.8 Å². The highest BCUT2D eigenvalue weighted by Crippen LogP contribution is 2.28. The molecule has 0 aliphatic carbocycles. The molecule has 0 N–H and O–H groups in total. The lowest BCUT2D eigenvalue weighted by atomic mass is 10.0. The largest absolute Gasteiger partial charge is 0.619 e. The number of ether oxygens (including phenoxy) is 1. The summed E-state index contributed by atoms with van der Waals surface area (Å²) in [4.78, 5) is 12.7. The Bertz CT molecular complexity index is 985. The Morgan fingerprint density at radius 3 is 2.58 bits per heavy atom. The van der Waals surface area contributed by atoms with Gasteiger partial charge < -0.3 is 9.94 Å². The van der Waals surface area contributed by atoms with Gasteiger partial charge in [0.1, 0.15) is 15.7 Å². The number of methoxy groups -OCH3 is 1. The van der Waals surface area contributed by atoms with Crippen molar-refractivity contribution >= 4 is 34.5 Å². The van der Waals surface area contributed by atoms with Gasteiger partial charge in [0.2, 0.25) is 5.88 Å². The molecule has 136 valence electrons. The van der Waals surface area contributed by atoms with Gasteiger partial charge in [0.05, 0.1) is 12.6 Å². The molecule has 0 amide bonds. The van der Waals surface area contributed by atoms with Crippen molar-refractivity contribution in [3.63, 3.8) is 0 Å². The maximum Gasteiger partial charge on any atom is 0.282 e. The number of halogens is 4. The molecule has 26 heavy (non-hydrogen) atoms. The molecule has 0 saturated carbocycles. The summed E-state index contributed by atoms with van der Waals surface area (Å²) in [5, 5.41) is 15.1. The molecule has 0 radical (unpaired) electrons. The van der Waals surface area contributed by atoms with Crippen LogP contribution in [0.2, 0.25) is 10.0 Å². The molecule has 3 rings (SSSR count). The molecule has 3 aromatic heterocycles. The highest BCUT2D eigenvalue weighted by Gasteiger charge is 2.22. The minimum Gasteiger partial charge on any atom is -0.619 e. The molecule has 6 nitrogen and oxygen atoms in total. The lowest BCUT2D eigenvalue weighted by Gasteiger charge is -2.09. The number of carbonyl (C=O) groups excluding carboxylic acids is 1. The van der Waals surface area contributed by atoms with Crippen molar-refractivity contribution < 1.29 is 23.0 Å². The third kappa shape index (κ3) is 3.30. The van der Waals surface area contributed by atoms with Crippen molar-refractivity contribution in [3.05, 3.63) is 62.7 Å². The molecule has 0 aliphatic heterocycles. The first-order chi connectivity index (χ1) is 12.3. The average Bonchev–Trinajstić information content (AvgIpc) is 3.02. The molecule has 0 unspecified atom stereocenters. The van der Waals surface area contributed by atoms with Gasteiger partial charge in [0.15, 0.2) is 18.2 Å². The Morgan fingerprint density at radius 1 is 1.35 bits per heavy atom. The summed E-state index contributed by atoms with van der Waals surface area (Å²) in [6.07, 6.45) is -0.857. The monoisotopic (exact) mass is 401 g/mol. The Kier molecular flexibility index (Phi) is 4.97. The topological polar surface area (TPSA) is 70.5 Å². The second-order valence-electron chi connectivity index (χ2n) is 5.35. The summed E-state index contributed by atoms with van der Waals surface area (Å²) in [7, 11) is 1.36. The highest BCUT2D eigenvalue weighted by molar-refractivity contribution is 6.36. The first-order valence-electron chi connectivity index (χ1n) is 7.26. The number of hydrogen-bond donors (Lipinski definition) is 0. The first-order valence-corrected chi connectivity index (χ1v) is 8.02. The maximum absolute atomic E-state index is 13.0. The Morgan fingerprint density at radius 2 is 2.00 bits per heavy atom. The fraction of sp³-hybridized carbons (Fsp3) is 0.188. The lowest BCUT2D eigenvalue weighted by molar-refractivity contribution is -0.605. The number of carbonyl (C=O) groups is 1. The molecule has 0 aromatic carbocycles. The number of nitrogens with zero attached hydrogens (tertiary/aromatic N) is 3. The molecule has 3 aromatic rings. The van der Waals surface area contributed by atoms with Crippen LogP contribution in [-0.2, 0) is 6.42 Å². The summed E-state index contributed by atoms with van der Waals surface area (Å²) >= 11 is 12.0.